The fourth-order valence-corrected chi connectivity index (χ4v) is 2.19. The molecule has 1 aliphatic heterocycles. The molecular formula is C14H19ClN2O2. The lowest BCUT2D eigenvalue weighted by Crippen LogP contribution is -2.39. The summed E-state index contributed by atoms with van der Waals surface area (Å²) < 4.78 is 0. The first-order valence-electron chi connectivity index (χ1n) is 6.47. The number of nitrogens with one attached hydrogen (secondary N) is 1. The van der Waals surface area contributed by atoms with Gasteiger partial charge in [0.1, 0.15) is 6.10 Å². The van der Waals surface area contributed by atoms with Crippen LogP contribution >= 0.6 is 11.6 Å². The number of hydrogen-bond acceptors (Lipinski definition) is 4. The van der Waals surface area contributed by atoms with Crippen LogP contribution in [0.2, 0.25) is 5.02 Å². The van der Waals surface area contributed by atoms with Gasteiger partial charge in [-0.3, -0.25) is 0 Å². The second-order valence-corrected chi connectivity index (χ2v) is 5.40. The number of hydrogen-bond donors (Lipinski definition) is 2. The third-order valence-electron chi connectivity index (χ3n) is 3.04. The Balaban J connectivity index is 1.94. The molecule has 1 heterocycles. The van der Waals surface area contributed by atoms with E-state index in [9.17, 15) is 5.11 Å². The van der Waals surface area contributed by atoms with Crippen molar-refractivity contribution in [2.24, 2.45) is 5.16 Å². The Bertz CT molecular complexity index is 463. The summed E-state index contributed by atoms with van der Waals surface area (Å²) in [6, 6.07) is 7.85. The maximum Gasteiger partial charge on any atom is 0.160 e. The molecule has 0 amide bonds. The average molecular weight is 283 g/mol. The summed E-state index contributed by atoms with van der Waals surface area (Å²) in [5.74, 6) is 0. The Morgan fingerprint density at radius 1 is 1.47 bits per heavy atom. The molecule has 0 spiro atoms. The van der Waals surface area contributed by atoms with Gasteiger partial charge in [0.2, 0.25) is 0 Å². The molecule has 0 aromatic heterocycles. The first-order valence-corrected chi connectivity index (χ1v) is 6.84. The van der Waals surface area contributed by atoms with E-state index < -0.39 is 6.10 Å². The Morgan fingerprint density at radius 2 is 2.21 bits per heavy atom. The van der Waals surface area contributed by atoms with Gasteiger partial charge in [0, 0.05) is 29.6 Å². The number of benzene rings is 1. The smallest absolute Gasteiger partial charge is 0.160 e. The van der Waals surface area contributed by atoms with Crippen LogP contribution < -0.4 is 5.32 Å². The molecule has 0 aliphatic carbocycles. The largest absolute Gasteiger partial charge is 0.389 e. The van der Waals surface area contributed by atoms with Gasteiger partial charge in [-0.05, 0) is 6.07 Å². The van der Waals surface area contributed by atoms with E-state index in [2.05, 4.69) is 10.5 Å². The summed E-state index contributed by atoms with van der Waals surface area (Å²) in [5.41, 5.74) is 1.66. The molecule has 0 saturated carbocycles. The molecule has 0 radical (unpaired) electrons. The fourth-order valence-electron chi connectivity index (χ4n) is 1.94. The summed E-state index contributed by atoms with van der Waals surface area (Å²) in [6.07, 6.45) is -0.311. The second kappa shape index (κ2) is 6.37. The highest BCUT2D eigenvalue weighted by molar-refractivity contribution is 6.34. The van der Waals surface area contributed by atoms with Crippen molar-refractivity contribution in [3.8, 4) is 0 Å². The zero-order valence-corrected chi connectivity index (χ0v) is 11.9. The predicted molar refractivity (Wildman–Crippen MR) is 76.6 cm³/mol. The van der Waals surface area contributed by atoms with Crippen molar-refractivity contribution in [1.82, 2.24) is 5.32 Å². The summed E-state index contributed by atoms with van der Waals surface area (Å²) >= 11 is 6.12. The van der Waals surface area contributed by atoms with Crippen molar-refractivity contribution in [2.45, 2.75) is 38.5 Å². The quantitative estimate of drug-likeness (QED) is 0.870. The molecular weight excluding hydrogens is 264 g/mol. The van der Waals surface area contributed by atoms with Crippen LogP contribution in [0.15, 0.2) is 29.4 Å². The second-order valence-electron chi connectivity index (χ2n) is 5.00. The molecule has 0 fully saturated rings. The number of oxime groups is 1. The molecule has 19 heavy (non-hydrogen) atoms. The number of aliphatic hydroxyl groups is 1. The predicted octanol–water partition coefficient (Wildman–Crippen LogP) is 2.19. The van der Waals surface area contributed by atoms with Gasteiger partial charge in [-0.25, -0.2) is 0 Å². The van der Waals surface area contributed by atoms with E-state index in [0.29, 0.717) is 24.0 Å². The van der Waals surface area contributed by atoms with Gasteiger partial charge in [0.15, 0.2) is 6.10 Å². The third-order valence-corrected chi connectivity index (χ3v) is 3.37. The van der Waals surface area contributed by atoms with Crippen LogP contribution in [0.4, 0.5) is 0 Å². The Kier molecular flexibility index (Phi) is 4.80. The first kappa shape index (κ1) is 14.3. The van der Waals surface area contributed by atoms with Gasteiger partial charge in [-0.1, -0.05) is 48.8 Å². The number of aliphatic hydroxyl groups excluding tert-OH is 1. The Morgan fingerprint density at radius 3 is 2.89 bits per heavy atom. The van der Waals surface area contributed by atoms with Crippen LogP contribution in [-0.2, 0) is 4.84 Å². The van der Waals surface area contributed by atoms with E-state index in [1.54, 1.807) is 0 Å². The molecule has 2 rings (SSSR count). The van der Waals surface area contributed by atoms with Crippen molar-refractivity contribution in [2.75, 3.05) is 6.54 Å². The van der Waals surface area contributed by atoms with Crippen LogP contribution in [0.1, 0.15) is 25.8 Å². The SMILES string of the molecule is CC(C)NC[C@H](O)[C@H]1CC(c2ccccc2Cl)=NO1. The minimum atomic E-state index is -0.578. The van der Waals surface area contributed by atoms with E-state index in [1.807, 2.05) is 38.1 Å². The highest BCUT2D eigenvalue weighted by Gasteiger charge is 2.29. The minimum Gasteiger partial charge on any atom is -0.389 e. The highest BCUT2D eigenvalue weighted by Crippen LogP contribution is 2.24. The maximum atomic E-state index is 10.0. The first-order chi connectivity index (χ1) is 9.08. The normalized spacial score (nSPS) is 20.3. The summed E-state index contributed by atoms with van der Waals surface area (Å²) in [4.78, 5) is 5.31. The van der Waals surface area contributed by atoms with Gasteiger partial charge in [0.05, 0.1) is 5.71 Å². The lowest BCUT2D eigenvalue weighted by atomic mass is 10.0. The van der Waals surface area contributed by atoms with Crippen molar-refractivity contribution in [3.63, 3.8) is 0 Å². The maximum absolute atomic E-state index is 10.0. The zero-order valence-electron chi connectivity index (χ0n) is 11.1. The van der Waals surface area contributed by atoms with Gasteiger partial charge < -0.3 is 15.3 Å². The van der Waals surface area contributed by atoms with Crippen molar-refractivity contribution in [3.05, 3.63) is 34.9 Å². The van der Waals surface area contributed by atoms with Gasteiger partial charge in [-0.15, -0.1) is 0 Å². The van der Waals surface area contributed by atoms with E-state index in [4.69, 9.17) is 16.4 Å². The molecule has 104 valence electrons. The van der Waals surface area contributed by atoms with E-state index >= 15 is 0 Å². The van der Waals surface area contributed by atoms with Crippen LogP contribution in [0, 0.1) is 0 Å². The molecule has 1 aliphatic rings. The molecule has 2 N–H and O–H groups in total. The monoisotopic (exact) mass is 282 g/mol. The summed E-state index contributed by atoms with van der Waals surface area (Å²) in [5, 5.41) is 17.9. The van der Waals surface area contributed by atoms with Crippen LogP contribution in [0.5, 0.6) is 0 Å². The number of rotatable bonds is 5. The van der Waals surface area contributed by atoms with E-state index in [-0.39, 0.29) is 6.10 Å². The van der Waals surface area contributed by atoms with E-state index in [0.717, 1.165) is 11.3 Å². The van der Waals surface area contributed by atoms with Crippen LogP contribution in [0.3, 0.4) is 0 Å². The van der Waals surface area contributed by atoms with Crippen molar-refractivity contribution < 1.29 is 9.94 Å². The molecule has 0 saturated heterocycles. The van der Waals surface area contributed by atoms with Crippen LogP contribution in [0.25, 0.3) is 0 Å². The Hall–Kier alpha value is -1.10. The van der Waals surface area contributed by atoms with Gasteiger partial charge in [0.25, 0.3) is 0 Å². The fraction of sp³-hybridized carbons (Fsp3) is 0.500. The molecule has 1 aromatic rings. The topological polar surface area (TPSA) is 53.8 Å². The highest BCUT2D eigenvalue weighted by atomic mass is 35.5. The van der Waals surface area contributed by atoms with Crippen molar-refractivity contribution >= 4 is 17.3 Å². The minimum absolute atomic E-state index is 0.308. The lowest BCUT2D eigenvalue weighted by Gasteiger charge is -2.18. The lowest BCUT2D eigenvalue weighted by molar-refractivity contribution is -0.0166. The van der Waals surface area contributed by atoms with Crippen molar-refractivity contribution in [1.29, 1.82) is 0 Å². The number of halogens is 1. The molecule has 0 bridgehead atoms. The number of nitrogens with zero attached hydrogens (tertiary/aromatic N) is 1. The molecule has 0 unspecified atom stereocenters. The standard InChI is InChI=1S/C14H19ClN2O2/c1-9(2)16-8-13(18)14-7-12(17-19-14)10-5-3-4-6-11(10)15/h3-6,9,13-14,16,18H,7-8H2,1-2H3/t13-,14+/m0/s1. The molecule has 2 atom stereocenters. The zero-order chi connectivity index (χ0) is 13.8. The summed E-state index contributed by atoms with van der Waals surface area (Å²) in [7, 11) is 0. The molecule has 1 aromatic carbocycles. The Labute approximate surface area is 118 Å². The van der Waals surface area contributed by atoms with Gasteiger partial charge >= 0.3 is 0 Å². The molecule has 5 heteroatoms. The summed E-state index contributed by atoms with van der Waals surface area (Å²) in [6.45, 7) is 4.56. The van der Waals surface area contributed by atoms with E-state index in [1.165, 1.54) is 0 Å². The molecule has 4 nitrogen and oxygen atoms in total. The third kappa shape index (κ3) is 3.69. The van der Waals surface area contributed by atoms with Crippen LogP contribution in [-0.4, -0.2) is 35.6 Å². The van der Waals surface area contributed by atoms with Gasteiger partial charge in [-0.2, -0.15) is 0 Å². The average Bonchev–Trinajstić information content (AvgIpc) is 2.86.